The van der Waals surface area contributed by atoms with Crippen LogP contribution in [0, 0.1) is 5.82 Å². The number of anilines is 1. The van der Waals surface area contributed by atoms with Crippen molar-refractivity contribution in [2.45, 2.75) is 24.8 Å². The molecule has 2 N–H and O–H groups in total. The maximum absolute atomic E-state index is 14.0. The molecule has 10 heteroatoms. The number of Topliss-reactive ketones (excluding diaryl/α,β-unsaturated/α-hetero) is 1. The van der Waals surface area contributed by atoms with E-state index in [1.54, 1.807) is 0 Å². The molecule has 0 heterocycles. The molecule has 0 bridgehead atoms. The number of halogens is 1. The van der Waals surface area contributed by atoms with E-state index in [1.807, 2.05) is 0 Å². The summed E-state index contributed by atoms with van der Waals surface area (Å²) in [5.74, 6) is -2.97. The highest BCUT2D eigenvalue weighted by molar-refractivity contribution is 7.89. The number of carbonyl (C=O) groups excluding carboxylic acids is 3. The van der Waals surface area contributed by atoms with Crippen LogP contribution in [0.2, 0.25) is 0 Å². The van der Waals surface area contributed by atoms with Gasteiger partial charge in [-0.05, 0) is 56.4 Å². The average molecular weight is 422 g/mol. The lowest BCUT2D eigenvalue weighted by Crippen LogP contribution is -2.25. The van der Waals surface area contributed by atoms with Gasteiger partial charge in [0.05, 0.1) is 10.5 Å². The minimum absolute atomic E-state index is 0.214. The van der Waals surface area contributed by atoms with Gasteiger partial charge in [-0.25, -0.2) is 22.3 Å². The van der Waals surface area contributed by atoms with Crippen LogP contribution in [-0.4, -0.2) is 39.2 Å². The van der Waals surface area contributed by atoms with E-state index in [-0.39, 0.29) is 16.4 Å². The standard InChI is InChI=1S/C19H19FN2O6S/c1-11(18(24)13-4-6-14(7-5-13)22-12(2)23)28-19(25)16-10-15(8-9-17(16)20)29(26,27)21-3/h4-11,21H,1-3H3,(H,22,23). The quantitative estimate of drug-likeness (QED) is 0.521. The first-order valence-electron chi connectivity index (χ1n) is 8.41. The van der Waals surface area contributed by atoms with Gasteiger partial charge >= 0.3 is 5.97 Å². The van der Waals surface area contributed by atoms with Crippen LogP contribution in [-0.2, 0) is 19.6 Å². The van der Waals surface area contributed by atoms with E-state index >= 15 is 0 Å². The Labute approximate surface area is 167 Å². The number of esters is 1. The molecule has 1 atom stereocenters. The zero-order chi connectivity index (χ0) is 21.8. The molecule has 0 saturated heterocycles. The third-order valence-electron chi connectivity index (χ3n) is 3.88. The summed E-state index contributed by atoms with van der Waals surface area (Å²) in [6.07, 6.45) is -1.25. The first-order valence-corrected chi connectivity index (χ1v) is 9.89. The van der Waals surface area contributed by atoms with E-state index in [4.69, 9.17) is 4.74 Å². The van der Waals surface area contributed by atoms with Crippen molar-refractivity contribution < 1.29 is 31.9 Å². The summed E-state index contributed by atoms with van der Waals surface area (Å²) in [7, 11) is -2.72. The van der Waals surface area contributed by atoms with Crippen LogP contribution in [0.4, 0.5) is 10.1 Å². The number of benzene rings is 2. The van der Waals surface area contributed by atoms with E-state index in [9.17, 15) is 27.2 Å². The van der Waals surface area contributed by atoms with Crippen molar-refractivity contribution >= 4 is 33.4 Å². The molecule has 0 aromatic heterocycles. The molecule has 2 aromatic carbocycles. The van der Waals surface area contributed by atoms with Crippen LogP contribution in [0.1, 0.15) is 34.6 Å². The van der Waals surface area contributed by atoms with E-state index in [0.29, 0.717) is 5.69 Å². The first-order chi connectivity index (χ1) is 13.5. The van der Waals surface area contributed by atoms with Crippen molar-refractivity contribution in [2.75, 3.05) is 12.4 Å². The average Bonchev–Trinajstić information content (AvgIpc) is 2.67. The zero-order valence-electron chi connectivity index (χ0n) is 15.9. The van der Waals surface area contributed by atoms with Gasteiger partial charge in [0.25, 0.3) is 0 Å². The van der Waals surface area contributed by atoms with E-state index in [0.717, 1.165) is 18.2 Å². The van der Waals surface area contributed by atoms with Gasteiger partial charge in [0.2, 0.25) is 21.7 Å². The second-order valence-electron chi connectivity index (χ2n) is 6.02. The number of ether oxygens (including phenoxy) is 1. The third kappa shape index (κ3) is 5.46. The summed E-state index contributed by atoms with van der Waals surface area (Å²) >= 11 is 0. The maximum atomic E-state index is 14.0. The summed E-state index contributed by atoms with van der Waals surface area (Å²) in [5.41, 5.74) is 0.0942. The van der Waals surface area contributed by atoms with Crippen molar-refractivity contribution in [3.05, 3.63) is 59.4 Å². The fourth-order valence-corrected chi connectivity index (χ4v) is 3.14. The van der Waals surface area contributed by atoms with E-state index < -0.39 is 39.3 Å². The highest BCUT2D eigenvalue weighted by atomic mass is 32.2. The van der Waals surface area contributed by atoms with Gasteiger partial charge in [-0.2, -0.15) is 0 Å². The highest BCUT2D eigenvalue weighted by Crippen LogP contribution is 2.18. The summed E-state index contributed by atoms with van der Waals surface area (Å²) in [4.78, 5) is 35.4. The van der Waals surface area contributed by atoms with Gasteiger partial charge in [-0.1, -0.05) is 0 Å². The molecule has 0 aliphatic rings. The van der Waals surface area contributed by atoms with Crippen LogP contribution >= 0.6 is 0 Å². The van der Waals surface area contributed by atoms with Gasteiger partial charge in [-0.3, -0.25) is 9.59 Å². The van der Waals surface area contributed by atoms with Crippen molar-refractivity contribution in [1.29, 1.82) is 0 Å². The number of amides is 1. The summed E-state index contributed by atoms with van der Waals surface area (Å²) < 4.78 is 44.7. The van der Waals surface area contributed by atoms with Crippen LogP contribution in [0.3, 0.4) is 0 Å². The Kier molecular flexibility index (Phi) is 6.83. The summed E-state index contributed by atoms with van der Waals surface area (Å²) in [6.45, 7) is 2.66. The van der Waals surface area contributed by atoms with Crippen LogP contribution in [0.5, 0.6) is 0 Å². The monoisotopic (exact) mass is 422 g/mol. The lowest BCUT2D eigenvalue weighted by atomic mass is 10.1. The van der Waals surface area contributed by atoms with Crippen molar-refractivity contribution in [3.8, 4) is 0 Å². The minimum Gasteiger partial charge on any atom is -0.451 e. The molecule has 1 amide bonds. The normalized spacial score (nSPS) is 12.1. The molecule has 29 heavy (non-hydrogen) atoms. The molecule has 0 fully saturated rings. The molecule has 0 aliphatic heterocycles. The van der Waals surface area contributed by atoms with E-state index in [1.165, 1.54) is 45.2 Å². The maximum Gasteiger partial charge on any atom is 0.341 e. The number of carbonyl (C=O) groups is 3. The Balaban J connectivity index is 2.17. The molecule has 0 aliphatic carbocycles. The fourth-order valence-electron chi connectivity index (χ4n) is 2.38. The van der Waals surface area contributed by atoms with Gasteiger partial charge in [0.15, 0.2) is 6.10 Å². The smallest absolute Gasteiger partial charge is 0.341 e. The Morgan fingerprint density at radius 3 is 2.24 bits per heavy atom. The molecular weight excluding hydrogens is 403 g/mol. The zero-order valence-corrected chi connectivity index (χ0v) is 16.7. The van der Waals surface area contributed by atoms with Crippen molar-refractivity contribution in [2.24, 2.45) is 0 Å². The number of hydrogen-bond donors (Lipinski definition) is 2. The molecule has 8 nitrogen and oxygen atoms in total. The second kappa shape index (κ2) is 8.93. The molecule has 2 aromatic rings. The van der Waals surface area contributed by atoms with Crippen LogP contribution < -0.4 is 10.0 Å². The number of sulfonamides is 1. The topological polar surface area (TPSA) is 119 Å². The number of nitrogens with one attached hydrogen (secondary N) is 2. The second-order valence-corrected chi connectivity index (χ2v) is 7.91. The lowest BCUT2D eigenvalue weighted by molar-refractivity contribution is -0.114. The van der Waals surface area contributed by atoms with Crippen LogP contribution in [0.25, 0.3) is 0 Å². The number of hydrogen-bond acceptors (Lipinski definition) is 6. The molecule has 154 valence electrons. The summed E-state index contributed by atoms with van der Waals surface area (Å²) in [5, 5.41) is 2.55. The predicted molar refractivity (Wildman–Crippen MR) is 103 cm³/mol. The SMILES string of the molecule is CNS(=O)(=O)c1ccc(F)c(C(=O)OC(C)C(=O)c2ccc(NC(C)=O)cc2)c1. The molecule has 0 radical (unpaired) electrons. The van der Waals surface area contributed by atoms with Gasteiger partial charge < -0.3 is 10.1 Å². The van der Waals surface area contributed by atoms with E-state index in [2.05, 4.69) is 10.0 Å². The molecule has 1 unspecified atom stereocenters. The highest BCUT2D eigenvalue weighted by Gasteiger charge is 2.24. The molecule has 0 saturated carbocycles. The third-order valence-corrected chi connectivity index (χ3v) is 5.29. The van der Waals surface area contributed by atoms with Crippen LogP contribution in [0.15, 0.2) is 47.4 Å². The van der Waals surface area contributed by atoms with Gasteiger partial charge in [0, 0.05) is 18.2 Å². The van der Waals surface area contributed by atoms with Crippen molar-refractivity contribution in [1.82, 2.24) is 4.72 Å². The first kappa shape index (κ1) is 22.2. The van der Waals surface area contributed by atoms with Crippen molar-refractivity contribution in [3.63, 3.8) is 0 Å². The largest absolute Gasteiger partial charge is 0.451 e. The minimum atomic E-state index is -3.89. The number of ketones is 1. The molecule has 2 rings (SSSR count). The summed E-state index contributed by atoms with van der Waals surface area (Å²) in [6, 6.07) is 8.57. The Bertz CT molecular complexity index is 1050. The fraction of sp³-hybridized carbons (Fsp3) is 0.211. The number of rotatable bonds is 7. The lowest BCUT2D eigenvalue weighted by Gasteiger charge is -2.14. The Hall–Kier alpha value is -3.11. The predicted octanol–water partition coefficient (Wildman–Crippen LogP) is 2.12. The Morgan fingerprint density at radius 1 is 1.07 bits per heavy atom. The van der Waals surface area contributed by atoms with Gasteiger partial charge in [-0.15, -0.1) is 0 Å². The van der Waals surface area contributed by atoms with Gasteiger partial charge in [0.1, 0.15) is 5.82 Å². The Morgan fingerprint density at radius 2 is 1.69 bits per heavy atom. The molecular formula is C19H19FN2O6S. The molecule has 0 spiro atoms.